The second-order valence-corrected chi connectivity index (χ2v) is 6.04. The van der Waals surface area contributed by atoms with Gasteiger partial charge in [-0.05, 0) is 17.5 Å². The van der Waals surface area contributed by atoms with Crippen LogP contribution in [0.4, 0.5) is 5.82 Å². The smallest absolute Gasteiger partial charge is 0.243 e. The number of nitrogens with zero attached hydrogens (tertiary/aromatic N) is 2. The maximum atomic E-state index is 12.1. The number of amides is 1. The van der Waals surface area contributed by atoms with Crippen molar-refractivity contribution in [2.45, 2.75) is 26.8 Å². The molecule has 6 heteroatoms. The Morgan fingerprint density at radius 2 is 1.80 bits per heavy atom. The van der Waals surface area contributed by atoms with Crippen LogP contribution in [0.15, 0.2) is 24.3 Å². The van der Waals surface area contributed by atoms with Gasteiger partial charge in [0.1, 0.15) is 0 Å². The van der Waals surface area contributed by atoms with Crippen molar-refractivity contribution in [2.24, 2.45) is 11.1 Å². The molecule has 1 aromatic carbocycles. The monoisotopic (exact) mass is 292 g/mol. The Morgan fingerprint density at radius 3 is 2.35 bits per heavy atom. The first-order valence-corrected chi connectivity index (χ1v) is 6.65. The zero-order valence-corrected chi connectivity index (χ0v) is 12.4. The molecule has 0 aliphatic carbocycles. The van der Waals surface area contributed by atoms with Gasteiger partial charge in [0.15, 0.2) is 11.0 Å². The van der Waals surface area contributed by atoms with Crippen LogP contribution in [0, 0.1) is 5.41 Å². The van der Waals surface area contributed by atoms with Crippen molar-refractivity contribution in [2.75, 3.05) is 5.32 Å². The average molecular weight is 293 g/mol. The highest BCUT2D eigenvalue weighted by atomic mass is 35.5. The summed E-state index contributed by atoms with van der Waals surface area (Å²) in [5.74, 6) is -0.0981. The molecule has 0 saturated carbocycles. The maximum absolute atomic E-state index is 12.1. The molecule has 20 heavy (non-hydrogen) atoms. The van der Waals surface area contributed by atoms with Crippen LogP contribution < -0.4 is 11.1 Å². The van der Waals surface area contributed by atoms with Crippen LogP contribution in [-0.4, -0.2) is 21.9 Å². The van der Waals surface area contributed by atoms with Crippen molar-refractivity contribution in [1.82, 2.24) is 9.97 Å². The number of para-hydroxylation sites is 2. The van der Waals surface area contributed by atoms with Gasteiger partial charge in [-0.2, -0.15) is 0 Å². The number of halogens is 1. The number of fused-ring (bicyclic) bond motifs is 1. The first-order chi connectivity index (χ1) is 9.29. The molecule has 1 aromatic heterocycles. The third kappa shape index (κ3) is 3.05. The molecule has 106 valence electrons. The number of rotatable bonds is 2. The zero-order valence-electron chi connectivity index (χ0n) is 11.6. The summed E-state index contributed by atoms with van der Waals surface area (Å²) in [6.07, 6.45) is 0. The van der Waals surface area contributed by atoms with E-state index >= 15 is 0 Å². The predicted octanol–water partition coefficient (Wildman–Crippen LogP) is 2.60. The van der Waals surface area contributed by atoms with E-state index in [-0.39, 0.29) is 22.3 Å². The van der Waals surface area contributed by atoms with E-state index in [0.29, 0.717) is 11.0 Å². The number of nitrogens with two attached hydrogens (primary N) is 1. The molecule has 2 rings (SSSR count). The lowest BCUT2D eigenvalue weighted by Crippen LogP contribution is -2.45. The maximum Gasteiger partial charge on any atom is 0.243 e. The molecular formula is C14H17ClN4O. The van der Waals surface area contributed by atoms with Gasteiger partial charge in [-0.3, -0.25) is 4.79 Å². The number of nitrogens with one attached hydrogen (secondary N) is 1. The fourth-order valence-corrected chi connectivity index (χ4v) is 1.83. The minimum absolute atomic E-state index is 0.151. The average Bonchev–Trinajstić information content (AvgIpc) is 2.37. The molecule has 0 aliphatic heterocycles. The van der Waals surface area contributed by atoms with E-state index in [2.05, 4.69) is 15.3 Å². The summed E-state index contributed by atoms with van der Waals surface area (Å²) in [6, 6.07) is 6.64. The zero-order chi connectivity index (χ0) is 14.9. The van der Waals surface area contributed by atoms with Gasteiger partial charge in [0.05, 0.1) is 17.1 Å². The Morgan fingerprint density at radius 1 is 1.25 bits per heavy atom. The van der Waals surface area contributed by atoms with E-state index in [0.717, 1.165) is 0 Å². The largest absolute Gasteiger partial charge is 0.319 e. The highest BCUT2D eigenvalue weighted by molar-refractivity contribution is 6.32. The lowest BCUT2D eigenvalue weighted by molar-refractivity contribution is -0.119. The molecule has 0 bridgehead atoms. The Bertz CT molecular complexity index is 651. The van der Waals surface area contributed by atoms with E-state index in [1.807, 2.05) is 32.9 Å². The second-order valence-electron chi connectivity index (χ2n) is 5.68. The highest BCUT2D eigenvalue weighted by Gasteiger charge is 2.28. The fourth-order valence-electron chi connectivity index (χ4n) is 1.65. The standard InChI is InChI=1S/C14H17ClN4O/c1-14(2,3)10(16)13(20)19-12-11(15)17-8-6-4-5-7-9(8)18-12/h4-7,10H,16H2,1-3H3,(H,18,19,20)/t10-/m0/s1. The number of hydrogen-bond donors (Lipinski definition) is 2. The second kappa shape index (κ2) is 5.34. The van der Waals surface area contributed by atoms with Gasteiger partial charge < -0.3 is 11.1 Å². The summed E-state index contributed by atoms with van der Waals surface area (Å²) < 4.78 is 0. The highest BCUT2D eigenvalue weighted by Crippen LogP contribution is 2.23. The summed E-state index contributed by atoms with van der Waals surface area (Å²) in [5, 5.41) is 2.79. The first-order valence-electron chi connectivity index (χ1n) is 6.28. The molecule has 3 N–H and O–H groups in total. The third-order valence-electron chi connectivity index (χ3n) is 2.99. The molecule has 1 amide bonds. The molecule has 0 spiro atoms. The Kier molecular flexibility index (Phi) is 3.92. The Labute approximate surface area is 122 Å². The molecular weight excluding hydrogens is 276 g/mol. The van der Waals surface area contributed by atoms with Crippen LogP contribution in [0.2, 0.25) is 5.15 Å². The predicted molar refractivity (Wildman–Crippen MR) is 80.6 cm³/mol. The molecule has 1 heterocycles. The first kappa shape index (κ1) is 14.7. The SMILES string of the molecule is CC(C)(C)[C@@H](N)C(=O)Nc1nc2ccccc2nc1Cl. The molecule has 0 saturated heterocycles. The van der Waals surface area contributed by atoms with Gasteiger partial charge in [0, 0.05) is 0 Å². The van der Waals surface area contributed by atoms with Crippen molar-refractivity contribution in [3.63, 3.8) is 0 Å². The minimum atomic E-state index is -0.660. The molecule has 0 aliphatic rings. The number of hydrogen-bond acceptors (Lipinski definition) is 4. The minimum Gasteiger partial charge on any atom is -0.319 e. The number of carbonyl (C=O) groups excluding carboxylic acids is 1. The summed E-state index contributed by atoms with van der Waals surface area (Å²) in [6.45, 7) is 5.68. The number of anilines is 1. The van der Waals surface area contributed by atoms with E-state index < -0.39 is 6.04 Å². The number of carbonyl (C=O) groups is 1. The molecule has 0 radical (unpaired) electrons. The molecule has 0 fully saturated rings. The Balaban J connectivity index is 2.30. The van der Waals surface area contributed by atoms with Gasteiger partial charge in [-0.1, -0.05) is 44.5 Å². The fraction of sp³-hybridized carbons (Fsp3) is 0.357. The van der Waals surface area contributed by atoms with Crippen LogP contribution in [0.5, 0.6) is 0 Å². The van der Waals surface area contributed by atoms with E-state index in [4.69, 9.17) is 17.3 Å². The third-order valence-corrected chi connectivity index (χ3v) is 3.25. The van der Waals surface area contributed by atoms with Gasteiger partial charge in [0.25, 0.3) is 0 Å². The van der Waals surface area contributed by atoms with Crippen LogP contribution in [0.1, 0.15) is 20.8 Å². The van der Waals surface area contributed by atoms with Crippen molar-refractivity contribution in [3.05, 3.63) is 29.4 Å². The molecule has 1 atom stereocenters. The van der Waals surface area contributed by atoms with E-state index in [1.54, 1.807) is 12.1 Å². The van der Waals surface area contributed by atoms with Gasteiger partial charge in [-0.15, -0.1) is 0 Å². The normalized spacial score (nSPS) is 13.2. The van der Waals surface area contributed by atoms with Gasteiger partial charge in [0.2, 0.25) is 5.91 Å². The van der Waals surface area contributed by atoms with E-state index in [1.165, 1.54) is 0 Å². The molecule has 0 unspecified atom stereocenters. The van der Waals surface area contributed by atoms with Gasteiger partial charge >= 0.3 is 0 Å². The summed E-state index contributed by atoms with van der Waals surface area (Å²) in [5.41, 5.74) is 6.90. The van der Waals surface area contributed by atoms with E-state index in [9.17, 15) is 4.79 Å². The van der Waals surface area contributed by atoms with Crippen molar-refractivity contribution < 1.29 is 4.79 Å². The van der Waals surface area contributed by atoms with Crippen molar-refractivity contribution >= 4 is 34.4 Å². The molecule has 5 nitrogen and oxygen atoms in total. The summed E-state index contributed by atoms with van der Waals surface area (Å²) in [4.78, 5) is 20.6. The Hall–Kier alpha value is -1.72. The number of aromatic nitrogens is 2. The quantitative estimate of drug-likeness (QED) is 0.891. The number of benzene rings is 1. The summed E-state index contributed by atoms with van der Waals surface area (Å²) >= 11 is 6.04. The van der Waals surface area contributed by atoms with Crippen LogP contribution in [0.3, 0.4) is 0 Å². The summed E-state index contributed by atoms with van der Waals surface area (Å²) in [7, 11) is 0. The van der Waals surface area contributed by atoms with Crippen molar-refractivity contribution in [1.29, 1.82) is 0 Å². The van der Waals surface area contributed by atoms with Crippen molar-refractivity contribution in [3.8, 4) is 0 Å². The lowest BCUT2D eigenvalue weighted by atomic mass is 9.87. The van der Waals surface area contributed by atoms with Crippen LogP contribution in [0.25, 0.3) is 11.0 Å². The van der Waals surface area contributed by atoms with Gasteiger partial charge in [-0.25, -0.2) is 9.97 Å². The van der Waals surface area contributed by atoms with Crippen LogP contribution in [-0.2, 0) is 4.79 Å². The van der Waals surface area contributed by atoms with Crippen LogP contribution >= 0.6 is 11.6 Å². The topological polar surface area (TPSA) is 80.9 Å². The lowest BCUT2D eigenvalue weighted by Gasteiger charge is -2.25. The molecule has 2 aromatic rings.